The molecule has 2 rings (SSSR count). The molecule has 0 atom stereocenters. The summed E-state index contributed by atoms with van der Waals surface area (Å²) in [5, 5.41) is 3.26. The highest BCUT2D eigenvalue weighted by Crippen LogP contribution is 2.19. The zero-order chi connectivity index (χ0) is 14.4. The average Bonchev–Trinajstić information content (AvgIpc) is 2.85. The van der Waals surface area contributed by atoms with Gasteiger partial charge in [-0.05, 0) is 29.6 Å². The molecule has 0 amide bonds. The Morgan fingerprint density at radius 3 is 3.10 bits per heavy atom. The van der Waals surface area contributed by atoms with Crippen LogP contribution >= 0.6 is 0 Å². The first-order chi connectivity index (χ1) is 9.72. The van der Waals surface area contributed by atoms with E-state index in [1.807, 2.05) is 18.2 Å². The Hall–Kier alpha value is -2.33. The predicted molar refractivity (Wildman–Crippen MR) is 75.3 cm³/mol. The monoisotopic (exact) mass is 272 g/mol. The van der Waals surface area contributed by atoms with E-state index in [9.17, 15) is 4.79 Å². The van der Waals surface area contributed by atoms with Crippen molar-refractivity contribution >= 4 is 16.9 Å². The van der Waals surface area contributed by atoms with Crippen molar-refractivity contribution in [2.24, 2.45) is 5.11 Å². The first kappa shape index (κ1) is 14.1. The molecule has 2 aromatic rings. The van der Waals surface area contributed by atoms with Crippen LogP contribution in [0.25, 0.3) is 21.5 Å². The van der Waals surface area contributed by atoms with Crippen molar-refractivity contribution in [2.45, 2.75) is 32.6 Å². The first-order valence-corrected chi connectivity index (χ1v) is 6.64. The highest BCUT2D eigenvalue weighted by Gasteiger charge is 2.08. The third-order valence-electron chi connectivity index (χ3n) is 2.95. The van der Waals surface area contributed by atoms with E-state index in [2.05, 4.69) is 21.9 Å². The lowest BCUT2D eigenvalue weighted by atomic mass is 10.1. The maximum Gasteiger partial charge on any atom is 0.195 e. The number of azide groups is 1. The summed E-state index contributed by atoms with van der Waals surface area (Å²) in [6.07, 6.45) is 3.21. The zero-order valence-corrected chi connectivity index (χ0v) is 11.4. The standard InChI is InChI=1S/C14H16N4O2/c1-2-3-4-14-17-12-6-5-10(8-13(12)20-14)7-11(19)9-16-18-15/h5-6,8H,2-4,7,9H2,1H3. The Morgan fingerprint density at radius 1 is 1.50 bits per heavy atom. The molecule has 1 heterocycles. The van der Waals surface area contributed by atoms with Gasteiger partial charge >= 0.3 is 0 Å². The number of nitrogens with zero attached hydrogens (tertiary/aromatic N) is 4. The number of rotatable bonds is 7. The topological polar surface area (TPSA) is 91.9 Å². The fourth-order valence-electron chi connectivity index (χ4n) is 1.96. The van der Waals surface area contributed by atoms with Gasteiger partial charge < -0.3 is 4.42 Å². The van der Waals surface area contributed by atoms with E-state index in [-0.39, 0.29) is 18.7 Å². The van der Waals surface area contributed by atoms with Gasteiger partial charge in [0.2, 0.25) is 0 Å². The van der Waals surface area contributed by atoms with Gasteiger partial charge in [0.05, 0.1) is 6.54 Å². The lowest BCUT2D eigenvalue weighted by Crippen LogP contribution is -2.05. The van der Waals surface area contributed by atoms with Crippen molar-refractivity contribution in [3.63, 3.8) is 0 Å². The molecule has 0 N–H and O–H groups in total. The number of hydrogen-bond acceptors (Lipinski definition) is 4. The molecule has 6 heteroatoms. The average molecular weight is 272 g/mol. The van der Waals surface area contributed by atoms with Gasteiger partial charge in [-0.2, -0.15) is 0 Å². The quantitative estimate of drug-likeness (QED) is 0.438. The van der Waals surface area contributed by atoms with Gasteiger partial charge in [-0.3, -0.25) is 4.79 Å². The molecule has 0 saturated heterocycles. The number of aromatic nitrogens is 1. The van der Waals surface area contributed by atoms with Crippen molar-refractivity contribution in [1.29, 1.82) is 0 Å². The molecule has 0 unspecified atom stereocenters. The van der Waals surface area contributed by atoms with Gasteiger partial charge in [0, 0.05) is 17.8 Å². The first-order valence-electron chi connectivity index (χ1n) is 6.64. The molecule has 0 radical (unpaired) electrons. The summed E-state index contributed by atoms with van der Waals surface area (Å²) in [5.41, 5.74) is 10.5. The second-order valence-electron chi connectivity index (χ2n) is 4.62. The van der Waals surface area contributed by atoms with Crippen LogP contribution in [0.15, 0.2) is 27.7 Å². The van der Waals surface area contributed by atoms with Crippen LogP contribution in [-0.4, -0.2) is 17.3 Å². The van der Waals surface area contributed by atoms with Crippen LogP contribution in [0.1, 0.15) is 31.2 Å². The Bertz CT molecular complexity index is 656. The van der Waals surface area contributed by atoms with Crippen molar-refractivity contribution < 1.29 is 9.21 Å². The molecule has 0 aliphatic carbocycles. The van der Waals surface area contributed by atoms with E-state index in [0.717, 1.165) is 36.2 Å². The van der Waals surface area contributed by atoms with E-state index < -0.39 is 0 Å². The van der Waals surface area contributed by atoms with Gasteiger partial charge in [0.25, 0.3) is 0 Å². The number of ketones is 1. The highest BCUT2D eigenvalue weighted by molar-refractivity contribution is 5.84. The fourth-order valence-corrected chi connectivity index (χ4v) is 1.96. The van der Waals surface area contributed by atoms with E-state index in [1.165, 1.54) is 0 Å². The summed E-state index contributed by atoms with van der Waals surface area (Å²) in [6, 6.07) is 5.53. The van der Waals surface area contributed by atoms with Crippen LogP contribution in [0.2, 0.25) is 0 Å². The number of aryl methyl sites for hydroxylation is 1. The van der Waals surface area contributed by atoms with Gasteiger partial charge in [-0.15, -0.1) is 0 Å². The van der Waals surface area contributed by atoms with Gasteiger partial charge in [-0.25, -0.2) is 4.98 Å². The molecule has 1 aromatic carbocycles. The summed E-state index contributed by atoms with van der Waals surface area (Å²) in [5.74, 6) is 0.618. The van der Waals surface area contributed by atoms with Crippen LogP contribution in [0.4, 0.5) is 0 Å². The summed E-state index contributed by atoms with van der Waals surface area (Å²) in [4.78, 5) is 18.5. The Labute approximate surface area is 116 Å². The van der Waals surface area contributed by atoms with E-state index in [4.69, 9.17) is 9.95 Å². The molecule has 20 heavy (non-hydrogen) atoms. The minimum atomic E-state index is -0.118. The SMILES string of the molecule is CCCCc1nc2ccc(CC(=O)CN=[N+]=[N-])cc2o1. The molecule has 0 aliphatic heterocycles. The largest absolute Gasteiger partial charge is 0.441 e. The number of hydrogen-bond donors (Lipinski definition) is 0. The molecule has 0 fully saturated rings. The maximum absolute atomic E-state index is 11.5. The summed E-state index contributed by atoms with van der Waals surface area (Å²) in [6.45, 7) is 2.00. The van der Waals surface area contributed by atoms with Crippen molar-refractivity contribution in [3.8, 4) is 0 Å². The van der Waals surface area contributed by atoms with Gasteiger partial charge in [0.15, 0.2) is 11.5 Å². The van der Waals surface area contributed by atoms with Gasteiger partial charge in [0.1, 0.15) is 11.3 Å². The van der Waals surface area contributed by atoms with Crippen LogP contribution in [0.3, 0.4) is 0 Å². The molecular formula is C14H16N4O2. The van der Waals surface area contributed by atoms with Crippen LogP contribution in [-0.2, 0) is 17.6 Å². The normalized spacial score (nSPS) is 10.4. The molecular weight excluding hydrogens is 256 g/mol. The maximum atomic E-state index is 11.5. The molecule has 1 aromatic heterocycles. The van der Waals surface area contributed by atoms with Crippen LogP contribution < -0.4 is 0 Å². The van der Waals surface area contributed by atoms with E-state index >= 15 is 0 Å². The lowest BCUT2D eigenvalue weighted by Gasteiger charge is -1.97. The summed E-state index contributed by atoms with van der Waals surface area (Å²) >= 11 is 0. The lowest BCUT2D eigenvalue weighted by molar-refractivity contribution is -0.117. The Balaban J connectivity index is 2.12. The van der Waals surface area contributed by atoms with Crippen LogP contribution in [0.5, 0.6) is 0 Å². The molecule has 0 bridgehead atoms. The molecule has 0 saturated carbocycles. The smallest absolute Gasteiger partial charge is 0.195 e. The number of carbonyl (C=O) groups excluding carboxylic acids is 1. The Morgan fingerprint density at radius 2 is 2.35 bits per heavy atom. The predicted octanol–water partition coefficient (Wildman–Crippen LogP) is 3.59. The minimum absolute atomic E-state index is 0.118. The van der Waals surface area contributed by atoms with Crippen molar-refractivity contribution in [1.82, 2.24) is 4.98 Å². The fraction of sp³-hybridized carbons (Fsp3) is 0.429. The van der Waals surface area contributed by atoms with Crippen molar-refractivity contribution in [3.05, 3.63) is 40.1 Å². The van der Waals surface area contributed by atoms with Crippen molar-refractivity contribution in [2.75, 3.05) is 6.54 Å². The number of Topliss-reactive ketones (excluding diaryl/α,β-unsaturated/α-hetero) is 1. The zero-order valence-electron chi connectivity index (χ0n) is 11.4. The molecule has 0 spiro atoms. The molecule has 6 nitrogen and oxygen atoms in total. The number of benzene rings is 1. The Kier molecular flexibility index (Phi) is 4.74. The van der Waals surface area contributed by atoms with Gasteiger partial charge in [-0.1, -0.05) is 24.5 Å². The number of unbranched alkanes of at least 4 members (excludes halogenated alkanes) is 1. The van der Waals surface area contributed by atoms with Crippen LogP contribution in [0, 0.1) is 0 Å². The summed E-state index contributed by atoms with van der Waals surface area (Å²) in [7, 11) is 0. The summed E-state index contributed by atoms with van der Waals surface area (Å²) < 4.78 is 5.67. The second kappa shape index (κ2) is 6.73. The highest BCUT2D eigenvalue weighted by atomic mass is 16.3. The number of carbonyl (C=O) groups is 1. The molecule has 0 aliphatic rings. The second-order valence-corrected chi connectivity index (χ2v) is 4.62. The third kappa shape index (κ3) is 3.59. The molecule has 104 valence electrons. The third-order valence-corrected chi connectivity index (χ3v) is 2.95. The van der Waals surface area contributed by atoms with E-state index in [0.29, 0.717) is 5.58 Å². The minimum Gasteiger partial charge on any atom is -0.441 e. The number of oxazole rings is 1. The van der Waals surface area contributed by atoms with E-state index in [1.54, 1.807) is 0 Å². The number of fused-ring (bicyclic) bond motifs is 1.